The number of carbonyl (C=O) groups is 2. The second-order valence-electron chi connectivity index (χ2n) is 5.67. The van der Waals surface area contributed by atoms with Crippen molar-refractivity contribution in [3.63, 3.8) is 0 Å². The summed E-state index contributed by atoms with van der Waals surface area (Å²) in [5, 5.41) is 11.3. The van der Waals surface area contributed by atoms with Crippen LogP contribution in [0.2, 0.25) is 0 Å². The van der Waals surface area contributed by atoms with Crippen molar-refractivity contribution >= 4 is 22.0 Å². The van der Waals surface area contributed by atoms with Crippen LogP contribution in [0, 0.1) is 0 Å². The van der Waals surface area contributed by atoms with E-state index in [1.165, 1.54) is 6.07 Å². The maximum absolute atomic E-state index is 12.6. The van der Waals surface area contributed by atoms with Gasteiger partial charge in [0, 0.05) is 5.56 Å². The van der Waals surface area contributed by atoms with Crippen molar-refractivity contribution in [2.45, 2.75) is 19.4 Å². The van der Waals surface area contributed by atoms with E-state index in [-0.39, 0.29) is 5.56 Å². The predicted octanol–water partition coefficient (Wildman–Crippen LogP) is 1.99. The van der Waals surface area contributed by atoms with Crippen LogP contribution in [-0.2, 0) is 21.3 Å². The first-order chi connectivity index (χ1) is 12.2. The van der Waals surface area contributed by atoms with Crippen LogP contribution in [0.15, 0.2) is 48.5 Å². The molecule has 0 saturated carbocycles. The Kier molecular flexibility index (Phi) is 6.12. The first kappa shape index (κ1) is 19.6. The molecular formula is C18H19NO6S. The van der Waals surface area contributed by atoms with Gasteiger partial charge in [-0.2, -0.15) is 8.42 Å². The van der Waals surface area contributed by atoms with E-state index in [0.29, 0.717) is 5.56 Å². The third-order valence-electron chi connectivity index (χ3n) is 3.84. The van der Waals surface area contributed by atoms with E-state index in [0.717, 1.165) is 17.5 Å². The second-order valence-corrected chi connectivity index (χ2v) is 7.17. The van der Waals surface area contributed by atoms with Crippen molar-refractivity contribution in [3.8, 4) is 11.1 Å². The number of amides is 1. The van der Waals surface area contributed by atoms with Gasteiger partial charge in [0.2, 0.25) is 0 Å². The molecule has 0 unspecified atom stereocenters. The lowest BCUT2D eigenvalue weighted by atomic mass is 9.94. The predicted molar refractivity (Wildman–Crippen MR) is 96.6 cm³/mol. The zero-order chi connectivity index (χ0) is 19.3. The number of aryl methyl sites for hydroxylation is 1. The number of benzene rings is 2. The van der Waals surface area contributed by atoms with E-state index in [1.54, 1.807) is 18.2 Å². The fourth-order valence-corrected chi connectivity index (χ4v) is 3.28. The topological polar surface area (TPSA) is 121 Å². The second kappa shape index (κ2) is 8.11. The average molecular weight is 377 g/mol. The number of rotatable bonds is 7. The summed E-state index contributed by atoms with van der Waals surface area (Å²) in [6, 6.07) is 12.4. The van der Waals surface area contributed by atoms with Gasteiger partial charge in [0.25, 0.3) is 16.0 Å². The summed E-state index contributed by atoms with van der Waals surface area (Å²) in [5.41, 5.74) is 2.68. The smallest absolute Gasteiger partial charge is 0.327 e. The number of aliphatic carboxylic acids is 1. The number of hydrogen-bond acceptors (Lipinski definition) is 4. The maximum Gasteiger partial charge on any atom is 0.327 e. The van der Waals surface area contributed by atoms with E-state index < -0.39 is 33.8 Å². The molecule has 0 bridgehead atoms. The highest BCUT2D eigenvalue weighted by molar-refractivity contribution is 7.85. The lowest BCUT2D eigenvalue weighted by Gasteiger charge is -2.16. The molecule has 7 nitrogen and oxygen atoms in total. The molecule has 2 aromatic rings. The van der Waals surface area contributed by atoms with Gasteiger partial charge in [0.1, 0.15) is 11.8 Å². The third-order valence-corrected chi connectivity index (χ3v) is 4.60. The highest BCUT2D eigenvalue weighted by Crippen LogP contribution is 2.27. The van der Waals surface area contributed by atoms with Crippen molar-refractivity contribution in [3.05, 3.63) is 59.7 Å². The number of carbonyl (C=O) groups excluding carboxylic acids is 1. The summed E-state index contributed by atoms with van der Waals surface area (Å²) >= 11 is 0. The number of carboxylic acid groups (broad SMARTS) is 1. The minimum atomic E-state index is -4.56. The molecule has 0 aliphatic rings. The lowest BCUT2D eigenvalue weighted by molar-refractivity contribution is -0.138. The Hall–Kier alpha value is -2.71. The zero-order valence-corrected chi connectivity index (χ0v) is 14.9. The monoisotopic (exact) mass is 377 g/mol. The van der Waals surface area contributed by atoms with E-state index >= 15 is 0 Å². The summed E-state index contributed by atoms with van der Waals surface area (Å²) in [6.45, 7) is 1.98. The van der Waals surface area contributed by atoms with Crippen LogP contribution in [0.1, 0.15) is 22.8 Å². The molecule has 0 heterocycles. The van der Waals surface area contributed by atoms with Crippen molar-refractivity contribution in [2.75, 3.05) is 5.75 Å². The first-order valence-corrected chi connectivity index (χ1v) is 9.50. The van der Waals surface area contributed by atoms with E-state index in [4.69, 9.17) is 9.66 Å². The molecule has 0 aliphatic heterocycles. The molecule has 2 aromatic carbocycles. The van der Waals surface area contributed by atoms with Crippen LogP contribution in [0.5, 0.6) is 0 Å². The number of hydrogen-bond donors (Lipinski definition) is 3. The van der Waals surface area contributed by atoms with Gasteiger partial charge in [0.15, 0.2) is 0 Å². The molecule has 3 N–H and O–H groups in total. The fraction of sp³-hybridized carbons (Fsp3) is 0.222. The van der Waals surface area contributed by atoms with E-state index in [1.807, 2.05) is 31.2 Å². The third kappa shape index (κ3) is 4.90. The summed E-state index contributed by atoms with van der Waals surface area (Å²) in [7, 11) is -4.56. The molecule has 0 aliphatic carbocycles. The maximum atomic E-state index is 12.6. The minimum absolute atomic E-state index is 0.218. The quantitative estimate of drug-likeness (QED) is 0.635. The summed E-state index contributed by atoms with van der Waals surface area (Å²) in [4.78, 5) is 23.8. The van der Waals surface area contributed by atoms with Gasteiger partial charge in [-0.3, -0.25) is 9.35 Å². The Labute approximate surface area is 151 Å². The average Bonchev–Trinajstić information content (AvgIpc) is 2.59. The van der Waals surface area contributed by atoms with Crippen LogP contribution in [0.25, 0.3) is 11.1 Å². The highest BCUT2D eigenvalue weighted by Gasteiger charge is 2.27. The molecular weight excluding hydrogens is 358 g/mol. The molecule has 0 saturated heterocycles. The molecule has 0 spiro atoms. The fourth-order valence-electron chi connectivity index (χ4n) is 2.63. The normalized spacial score (nSPS) is 12.4. The highest BCUT2D eigenvalue weighted by atomic mass is 32.2. The Morgan fingerprint density at radius 2 is 1.62 bits per heavy atom. The van der Waals surface area contributed by atoms with E-state index in [2.05, 4.69) is 5.32 Å². The van der Waals surface area contributed by atoms with Crippen molar-refractivity contribution in [2.24, 2.45) is 0 Å². The molecule has 26 heavy (non-hydrogen) atoms. The molecule has 138 valence electrons. The molecule has 1 amide bonds. The molecule has 0 radical (unpaired) electrons. The first-order valence-electron chi connectivity index (χ1n) is 7.89. The number of nitrogens with one attached hydrogen (secondary N) is 1. The molecule has 0 aromatic heterocycles. The summed E-state index contributed by atoms with van der Waals surface area (Å²) in [5.74, 6) is -3.40. The zero-order valence-electron chi connectivity index (χ0n) is 14.0. The van der Waals surface area contributed by atoms with E-state index in [9.17, 15) is 18.0 Å². The SMILES string of the molecule is CCc1ccccc1-c1ccccc1C(=O)N[C@@H](CS(=O)(=O)O)C(=O)O. The molecule has 0 fully saturated rings. The Morgan fingerprint density at radius 3 is 2.19 bits per heavy atom. The van der Waals surface area contributed by atoms with Crippen LogP contribution in [0.4, 0.5) is 0 Å². The Bertz CT molecular complexity index is 923. The minimum Gasteiger partial charge on any atom is -0.480 e. The van der Waals surface area contributed by atoms with Crippen LogP contribution < -0.4 is 5.32 Å². The van der Waals surface area contributed by atoms with Crippen molar-refractivity contribution in [1.82, 2.24) is 5.32 Å². The lowest BCUT2D eigenvalue weighted by Crippen LogP contribution is -2.45. The van der Waals surface area contributed by atoms with Crippen LogP contribution in [0.3, 0.4) is 0 Å². The van der Waals surface area contributed by atoms with Gasteiger partial charge >= 0.3 is 5.97 Å². The van der Waals surface area contributed by atoms with Gasteiger partial charge in [-0.15, -0.1) is 0 Å². The van der Waals surface area contributed by atoms with Crippen molar-refractivity contribution in [1.29, 1.82) is 0 Å². The summed E-state index contributed by atoms with van der Waals surface area (Å²) in [6.07, 6.45) is 0.743. The van der Waals surface area contributed by atoms with Gasteiger partial charge < -0.3 is 10.4 Å². The molecule has 8 heteroatoms. The largest absolute Gasteiger partial charge is 0.480 e. The Balaban J connectivity index is 2.40. The van der Waals surface area contributed by atoms with Gasteiger partial charge in [-0.1, -0.05) is 49.4 Å². The van der Waals surface area contributed by atoms with Crippen molar-refractivity contribution < 1.29 is 27.7 Å². The summed E-state index contributed by atoms with van der Waals surface area (Å²) < 4.78 is 30.8. The van der Waals surface area contributed by atoms with Crippen LogP contribution >= 0.6 is 0 Å². The molecule has 1 atom stereocenters. The standard InChI is InChI=1S/C18H19NO6S/c1-2-12-7-3-4-8-13(12)14-9-5-6-10-15(14)17(20)19-16(18(21)22)11-26(23,24)25/h3-10,16H,2,11H2,1H3,(H,19,20)(H,21,22)(H,23,24,25)/t16-/m0/s1. The molecule has 2 rings (SSSR count). The van der Waals surface area contributed by atoms with Gasteiger partial charge in [0.05, 0.1) is 0 Å². The number of carboxylic acids is 1. The van der Waals surface area contributed by atoms with Gasteiger partial charge in [-0.05, 0) is 29.2 Å². The Morgan fingerprint density at radius 1 is 1.04 bits per heavy atom. The van der Waals surface area contributed by atoms with Crippen LogP contribution in [-0.4, -0.2) is 41.7 Å². The van der Waals surface area contributed by atoms with Gasteiger partial charge in [-0.25, -0.2) is 4.79 Å².